The van der Waals surface area contributed by atoms with Crippen LogP contribution in [0.4, 0.5) is 0 Å². The van der Waals surface area contributed by atoms with Gasteiger partial charge in [-0.05, 0) is 18.2 Å². The van der Waals surface area contributed by atoms with Gasteiger partial charge in [-0.1, -0.05) is 6.08 Å². The average Bonchev–Trinajstić information content (AvgIpc) is 2.19. The number of nitrogens with zero attached hydrogens (tertiary/aromatic N) is 1. The third-order valence-electron chi connectivity index (χ3n) is 1.52. The van der Waals surface area contributed by atoms with E-state index in [1.165, 1.54) is 0 Å². The van der Waals surface area contributed by atoms with Crippen LogP contribution in [0.2, 0.25) is 0 Å². The standard InChI is InChI=1S/C10H11NO2/c1-13-10-6-5-9(11-8-10)4-2-3-7-12/h2,4-8H,3H2,1H3. The smallest absolute Gasteiger partial charge is 0.137 e. The Hall–Kier alpha value is -1.64. The SMILES string of the molecule is COc1ccc(C=CCC=O)nc1. The molecular weight excluding hydrogens is 166 g/mol. The molecule has 13 heavy (non-hydrogen) atoms. The van der Waals surface area contributed by atoms with Crippen molar-refractivity contribution in [3.8, 4) is 5.75 Å². The Morgan fingerprint density at radius 2 is 2.38 bits per heavy atom. The molecule has 68 valence electrons. The molecule has 0 fully saturated rings. The van der Waals surface area contributed by atoms with Crippen molar-refractivity contribution >= 4 is 12.4 Å². The van der Waals surface area contributed by atoms with E-state index in [9.17, 15) is 4.79 Å². The van der Waals surface area contributed by atoms with Gasteiger partial charge in [0, 0.05) is 6.42 Å². The Labute approximate surface area is 77.1 Å². The third-order valence-corrected chi connectivity index (χ3v) is 1.52. The fraction of sp³-hybridized carbons (Fsp3) is 0.200. The van der Waals surface area contributed by atoms with Crippen LogP contribution < -0.4 is 4.74 Å². The number of rotatable bonds is 4. The number of carbonyl (C=O) groups excluding carboxylic acids is 1. The molecule has 3 heteroatoms. The number of aromatic nitrogens is 1. The second-order valence-corrected chi connectivity index (χ2v) is 2.43. The quantitative estimate of drug-likeness (QED) is 0.657. The van der Waals surface area contributed by atoms with E-state index < -0.39 is 0 Å². The van der Waals surface area contributed by atoms with Gasteiger partial charge in [-0.3, -0.25) is 4.98 Å². The zero-order valence-corrected chi connectivity index (χ0v) is 7.43. The molecule has 0 unspecified atom stereocenters. The van der Waals surface area contributed by atoms with Crippen molar-refractivity contribution in [1.82, 2.24) is 4.98 Å². The lowest BCUT2D eigenvalue weighted by Gasteiger charge is -1.97. The van der Waals surface area contributed by atoms with Gasteiger partial charge >= 0.3 is 0 Å². The molecule has 0 amide bonds. The zero-order chi connectivity index (χ0) is 9.52. The molecule has 0 atom stereocenters. The molecule has 0 aliphatic heterocycles. The fourth-order valence-corrected chi connectivity index (χ4v) is 0.855. The number of allylic oxidation sites excluding steroid dienone is 1. The average molecular weight is 177 g/mol. The molecule has 0 N–H and O–H groups in total. The summed E-state index contributed by atoms with van der Waals surface area (Å²) in [6.45, 7) is 0. The van der Waals surface area contributed by atoms with E-state index in [-0.39, 0.29) is 0 Å². The molecule has 1 rings (SSSR count). The topological polar surface area (TPSA) is 39.2 Å². The molecule has 0 aromatic carbocycles. The molecule has 0 saturated heterocycles. The molecule has 0 aliphatic carbocycles. The first-order valence-electron chi connectivity index (χ1n) is 3.97. The third kappa shape index (κ3) is 3.07. The van der Waals surface area contributed by atoms with Gasteiger partial charge in [0.05, 0.1) is 19.0 Å². The summed E-state index contributed by atoms with van der Waals surface area (Å²) in [5.74, 6) is 0.729. The number of hydrogen-bond donors (Lipinski definition) is 0. The van der Waals surface area contributed by atoms with E-state index in [1.54, 1.807) is 25.5 Å². The molecule has 1 heterocycles. The van der Waals surface area contributed by atoms with Crippen molar-refractivity contribution in [3.63, 3.8) is 0 Å². The van der Waals surface area contributed by atoms with E-state index in [2.05, 4.69) is 4.98 Å². The Morgan fingerprint density at radius 3 is 2.92 bits per heavy atom. The van der Waals surface area contributed by atoms with Gasteiger partial charge in [-0.2, -0.15) is 0 Å². The van der Waals surface area contributed by atoms with Crippen molar-refractivity contribution in [2.45, 2.75) is 6.42 Å². The summed E-state index contributed by atoms with van der Waals surface area (Å²) in [5, 5.41) is 0. The second kappa shape index (κ2) is 5.09. The van der Waals surface area contributed by atoms with Crippen molar-refractivity contribution in [2.75, 3.05) is 7.11 Å². The molecule has 0 aliphatic rings. The van der Waals surface area contributed by atoms with Crippen molar-refractivity contribution < 1.29 is 9.53 Å². The molecule has 0 radical (unpaired) electrons. The lowest BCUT2D eigenvalue weighted by Crippen LogP contribution is -1.85. The maximum absolute atomic E-state index is 10.0. The Balaban J connectivity index is 2.63. The van der Waals surface area contributed by atoms with Crippen LogP contribution in [-0.2, 0) is 4.79 Å². The predicted molar refractivity (Wildman–Crippen MR) is 50.5 cm³/mol. The van der Waals surface area contributed by atoms with Crippen LogP contribution in [0.25, 0.3) is 6.08 Å². The number of carbonyl (C=O) groups is 1. The summed E-state index contributed by atoms with van der Waals surface area (Å²) < 4.78 is 4.95. The minimum absolute atomic E-state index is 0.424. The number of aldehydes is 1. The van der Waals surface area contributed by atoms with Gasteiger partial charge in [0.15, 0.2) is 0 Å². The summed E-state index contributed by atoms with van der Waals surface area (Å²) in [6.07, 6.45) is 6.48. The van der Waals surface area contributed by atoms with Crippen molar-refractivity contribution in [3.05, 3.63) is 30.1 Å². The second-order valence-electron chi connectivity index (χ2n) is 2.43. The lowest BCUT2D eigenvalue weighted by atomic mass is 10.3. The van der Waals surface area contributed by atoms with Crippen LogP contribution in [0.5, 0.6) is 5.75 Å². The summed E-state index contributed by atoms with van der Waals surface area (Å²) in [6, 6.07) is 3.66. The summed E-state index contributed by atoms with van der Waals surface area (Å²) >= 11 is 0. The van der Waals surface area contributed by atoms with Gasteiger partial charge in [0.2, 0.25) is 0 Å². The lowest BCUT2D eigenvalue weighted by molar-refractivity contribution is -0.107. The van der Waals surface area contributed by atoms with E-state index in [1.807, 2.05) is 12.1 Å². The number of methoxy groups -OCH3 is 1. The molecule has 0 spiro atoms. The Morgan fingerprint density at radius 1 is 1.54 bits per heavy atom. The summed E-state index contributed by atoms with van der Waals surface area (Å²) in [4.78, 5) is 14.1. The van der Waals surface area contributed by atoms with Gasteiger partial charge in [0.25, 0.3) is 0 Å². The van der Waals surface area contributed by atoms with Crippen LogP contribution in [0.15, 0.2) is 24.4 Å². The highest BCUT2D eigenvalue weighted by atomic mass is 16.5. The number of pyridine rings is 1. The molecule has 0 saturated carbocycles. The number of hydrogen-bond acceptors (Lipinski definition) is 3. The molecule has 0 bridgehead atoms. The molecule has 3 nitrogen and oxygen atoms in total. The Bertz CT molecular complexity index is 290. The highest BCUT2D eigenvalue weighted by molar-refractivity contribution is 5.56. The van der Waals surface area contributed by atoms with E-state index in [0.717, 1.165) is 17.7 Å². The zero-order valence-electron chi connectivity index (χ0n) is 7.43. The first kappa shape index (κ1) is 9.45. The Kier molecular flexibility index (Phi) is 3.70. The minimum atomic E-state index is 0.424. The van der Waals surface area contributed by atoms with Gasteiger partial charge in [-0.25, -0.2) is 0 Å². The summed E-state index contributed by atoms with van der Waals surface area (Å²) in [7, 11) is 1.60. The highest BCUT2D eigenvalue weighted by Gasteiger charge is 1.90. The van der Waals surface area contributed by atoms with E-state index in [0.29, 0.717) is 6.42 Å². The maximum atomic E-state index is 10.0. The van der Waals surface area contributed by atoms with Crippen molar-refractivity contribution in [1.29, 1.82) is 0 Å². The molecule has 1 aromatic heterocycles. The van der Waals surface area contributed by atoms with Gasteiger partial charge < -0.3 is 9.53 Å². The first-order valence-corrected chi connectivity index (χ1v) is 3.97. The largest absolute Gasteiger partial charge is 0.495 e. The summed E-state index contributed by atoms with van der Waals surface area (Å²) in [5.41, 5.74) is 0.822. The highest BCUT2D eigenvalue weighted by Crippen LogP contribution is 2.08. The van der Waals surface area contributed by atoms with Crippen LogP contribution in [-0.4, -0.2) is 18.4 Å². The van der Waals surface area contributed by atoms with Gasteiger partial charge in [-0.15, -0.1) is 0 Å². The van der Waals surface area contributed by atoms with Crippen LogP contribution >= 0.6 is 0 Å². The van der Waals surface area contributed by atoms with Crippen molar-refractivity contribution in [2.24, 2.45) is 0 Å². The molecule has 1 aromatic rings. The number of ether oxygens (including phenoxy) is 1. The fourth-order valence-electron chi connectivity index (χ4n) is 0.855. The first-order chi connectivity index (χ1) is 6.36. The monoisotopic (exact) mass is 177 g/mol. The molecular formula is C10H11NO2. The van der Waals surface area contributed by atoms with Crippen LogP contribution in [0.3, 0.4) is 0 Å². The van der Waals surface area contributed by atoms with E-state index >= 15 is 0 Å². The maximum Gasteiger partial charge on any atom is 0.137 e. The van der Waals surface area contributed by atoms with Crippen LogP contribution in [0.1, 0.15) is 12.1 Å². The van der Waals surface area contributed by atoms with Gasteiger partial charge in [0.1, 0.15) is 12.0 Å². The van der Waals surface area contributed by atoms with E-state index in [4.69, 9.17) is 4.74 Å². The van der Waals surface area contributed by atoms with Crippen LogP contribution in [0, 0.1) is 0 Å². The minimum Gasteiger partial charge on any atom is -0.495 e. The predicted octanol–water partition coefficient (Wildman–Crippen LogP) is 1.69. The normalized spacial score (nSPS) is 10.2.